The number of nitrogens with zero attached hydrogens (tertiary/aromatic N) is 1. The Morgan fingerprint density at radius 2 is 1.82 bits per heavy atom. The molecule has 0 aliphatic rings. The molecule has 2 aromatic rings. The highest BCUT2D eigenvalue weighted by molar-refractivity contribution is 7.91. The zero-order chi connectivity index (χ0) is 20.4. The Labute approximate surface area is 165 Å². The Bertz CT molecular complexity index is 884. The molecule has 0 bridgehead atoms. The van der Waals surface area contributed by atoms with E-state index in [9.17, 15) is 12.8 Å². The van der Waals surface area contributed by atoms with E-state index in [1.807, 2.05) is 31.2 Å². The molecule has 0 aromatic heterocycles. The van der Waals surface area contributed by atoms with Crippen molar-refractivity contribution in [2.75, 3.05) is 32.5 Å². The molecular formula is C20H26FN3O3S. The molecule has 0 spiro atoms. The largest absolute Gasteiger partial charge is 0.497 e. The molecule has 6 nitrogen and oxygen atoms in total. The van der Waals surface area contributed by atoms with Crippen molar-refractivity contribution in [1.82, 2.24) is 10.6 Å². The van der Waals surface area contributed by atoms with E-state index in [0.29, 0.717) is 19.0 Å². The fraction of sp³-hybridized carbons (Fsp3) is 0.350. The minimum atomic E-state index is -3.72. The molecule has 2 rings (SSSR count). The van der Waals surface area contributed by atoms with Gasteiger partial charge in [0.05, 0.1) is 19.4 Å². The second-order valence-corrected chi connectivity index (χ2v) is 8.11. The van der Waals surface area contributed by atoms with Crippen LogP contribution in [0, 0.1) is 5.82 Å². The maximum atomic E-state index is 13.7. The topological polar surface area (TPSA) is 79.8 Å². The van der Waals surface area contributed by atoms with E-state index < -0.39 is 15.7 Å². The predicted molar refractivity (Wildman–Crippen MR) is 109 cm³/mol. The van der Waals surface area contributed by atoms with Gasteiger partial charge in [0.15, 0.2) is 15.8 Å². The van der Waals surface area contributed by atoms with Crippen LogP contribution in [0.2, 0.25) is 0 Å². The smallest absolute Gasteiger partial charge is 0.191 e. The molecule has 0 aliphatic carbocycles. The van der Waals surface area contributed by atoms with Gasteiger partial charge in [-0.3, -0.25) is 4.99 Å². The first-order chi connectivity index (χ1) is 13.5. The van der Waals surface area contributed by atoms with Gasteiger partial charge in [-0.05, 0) is 43.2 Å². The Morgan fingerprint density at radius 3 is 2.46 bits per heavy atom. The number of guanidine groups is 1. The summed E-state index contributed by atoms with van der Waals surface area (Å²) >= 11 is 0. The summed E-state index contributed by atoms with van der Waals surface area (Å²) in [5.41, 5.74) is 1.14. The summed E-state index contributed by atoms with van der Waals surface area (Å²) in [5.74, 6) is 0.335. The maximum absolute atomic E-state index is 13.7. The van der Waals surface area contributed by atoms with Crippen molar-refractivity contribution >= 4 is 15.8 Å². The number of nitrogens with one attached hydrogen (secondary N) is 2. The van der Waals surface area contributed by atoms with Crippen LogP contribution in [0.5, 0.6) is 5.75 Å². The number of ether oxygens (including phenoxy) is 1. The molecule has 2 N–H and O–H groups in total. The number of hydrogen-bond acceptors (Lipinski definition) is 4. The van der Waals surface area contributed by atoms with Gasteiger partial charge in [-0.25, -0.2) is 12.8 Å². The first-order valence-electron chi connectivity index (χ1n) is 9.08. The van der Waals surface area contributed by atoms with Gasteiger partial charge in [-0.2, -0.15) is 0 Å². The van der Waals surface area contributed by atoms with E-state index in [-0.39, 0.29) is 17.2 Å². The fourth-order valence-corrected chi connectivity index (χ4v) is 3.75. The van der Waals surface area contributed by atoms with Crippen molar-refractivity contribution in [2.24, 2.45) is 4.99 Å². The Hall–Kier alpha value is -2.61. The van der Waals surface area contributed by atoms with E-state index >= 15 is 0 Å². The van der Waals surface area contributed by atoms with Crippen molar-refractivity contribution in [3.05, 3.63) is 59.9 Å². The standard InChI is InChI=1S/C20H26FN3O3S/c1-3-22-20(23-13-12-16-8-10-17(27-2)11-9-16)24-14-15-28(25,26)19-7-5-4-6-18(19)21/h4-11H,3,12-15H2,1-2H3,(H2,22,23,24). The molecule has 0 radical (unpaired) electrons. The molecule has 8 heteroatoms. The van der Waals surface area contributed by atoms with Gasteiger partial charge in [-0.15, -0.1) is 0 Å². The lowest BCUT2D eigenvalue weighted by molar-refractivity contribution is 0.414. The van der Waals surface area contributed by atoms with Crippen LogP contribution in [-0.2, 0) is 16.3 Å². The second kappa shape index (κ2) is 10.7. The summed E-state index contributed by atoms with van der Waals surface area (Å²) in [4.78, 5) is 4.00. The first kappa shape index (κ1) is 21.7. The summed E-state index contributed by atoms with van der Waals surface area (Å²) in [6.07, 6.45) is 0.780. The molecule has 0 unspecified atom stereocenters. The van der Waals surface area contributed by atoms with Crippen LogP contribution in [0.25, 0.3) is 0 Å². The summed E-state index contributed by atoms with van der Waals surface area (Å²) in [5, 5.41) is 6.25. The zero-order valence-corrected chi connectivity index (χ0v) is 16.9. The van der Waals surface area contributed by atoms with Crippen LogP contribution >= 0.6 is 0 Å². The highest BCUT2D eigenvalue weighted by atomic mass is 32.2. The molecular weight excluding hydrogens is 381 g/mol. The van der Waals surface area contributed by atoms with Crippen molar-refractivity contribution in [3.63, 3.8) is 0 Å². The number of rotatable bonds is 9. The van der Waals surface area contributed by atoms with Crippen LogP contribution in [0.15, 0.2) is 58.4 Å². The molecule has 0 heterocycles. The third-order valence-corrected chi connectivity index (χ3v) is 5.73. The quantitative estimate of drug-likeness (QED) is 0.493. The van der Waals surface area contributed by atoms with Crippen LogP contribution in [0.1, 0.15) is 12.5 Å². The highest BCUT2D eigenvalue weighted by Crippen LogP contribution is 2.15. The van der Waals surface area contributed by atoms with Gasteiger partial charge in [0.2, 0.25) is 0 Å². The number of halogens is 1. The monoisotopic (exact) mass is 407 g/mol. The van der Waals surface area contributed by atoms with Crippen molar-refractivity contribution in [2.45, 2.75) is 18.2 Å². The molecule has 0 saturated heterocycles. The number of hydrogen-bond donors (Lipinski definition) is 2. The molecule has 0 atom stereocenters. The van der Waals surface area contributed by atoms with Crippen LogP contribution in [0.3, 0.4) is 0 Å². The lowest BCUT2D eigenvalue weighted by Crippen LogP contribution is -2.38. The number of benzene rings is 2. The summed E-state index contributed by atoms with van der Waals surface area (Å²) < 4.78 is 43.4. The number of sulfone groups is 1. The average Bonchev–Trinajstić information content (AvgIpc) is 2.68. The van der Waals surface area contributed by atoms with E-state index in [1.54, 1.807) is 7.11 Å². The average molecular weight is 408 g/mol. The maximum Gasteiger partial charge on any atom is 0.191 e. The first-order valence-corrected chi connectivity index (χ1v) is 10.7. The SMILES string of the molecule is CCNC(=NCCS(=O)(=O)c1ccccc1F)NCCc1ccc(OC)cc1. The minimum Gasteiger partial charge on any atom is -0.497 e. The van der Waals surface area contributed by atoms with Gasteiger partial charge in [0, 0.05) is 13.1 Å². The third-order valence-electron chi connectivity index (χ3n) is 4.01. The summed E-state index contributed by atoms with van der Waals surface area (Å²) in [6, 6.07) is 13.2. The molecule has 2 aromatic carbocycles. The lowest BCUT2D eigenvalue weighted by atomic mass is 10.1. The second-order valence-electron chi connectivity index (χ2n) is 6.03. The van der Waals surface area contributed by atoms with Crippen LogP contribution in [0.4, 0.5) is 4.39 Å². The summed E-state index contributed by atoms with van der Waals surface area (Å²) in [7, 11) is -2.09. The van der Waals surface area contributed by atoms with Crippen LogP contribution < -0.4 is 15.4 Å². The number of methoxy groups -OCH3 is 1. The molecule has 152 valence electrons. The minimum absolute atomic E-state index is 0.0362. The normalized spacial score (nSPS) is 11.9. The van der Waals surface area contributed by atoms with Gasteiger partial charge in [0.25, 0.3) is 0 Å². The molecule has 0 saturated carbocycles. The Morgan fingerprint density at radius 1 is 1.11 bits per heavy atom. The van der Waals surface area contributed by atoms with Crippen molar-refractivity contribution in [3.8, 4) is 5.75 Å². The molecule has 0 amide bonds. The van der Waals surface area contributed by atoms with Gasteiger partial charge in [-0.1, -0.05) is 24.3 Å². The van der Waals surface area contributed by atoms with Crippen molar-refractivity contribution in [1.29, 1.82) is 0 Å². The van der Waals surface area contributed by atoms with E-state index in [1.165, 1.54) is 18.2 Å². The molecule has 0 aliphatic heterocycles. The van der Waals surface area contributed by atoms with Gasteiger partial charge >= 0.3 is 0 Å². The molecule has 0 fully saturated rings. The zero-order valence-electron chi connectivity index (χ0n) is 16.1. The summed E-state index contributed by atoms with van der Waals surface area (Å²) in [6.45, 7) is 3.25. The fourth-order valence-electron chi connectivity index (χ4n) is 2.54. The van der Waals surface area contributed by atoms with E-state index in [0.717, 1.165) is 23.8 Å². The lowest BCUT2D eigenvalue weighted by Gasteiger charge is -2.11. The Kier molecular flexibility index (Phi) is 8.25. The van der Waals surface area contributed by atoms with E-state index in [2.05, 4.69) is 15.6 Å². The number of aliphatic imine (C=N–C) groups is 1. The van der Waals surface area contributed by atoms with Gasteiger partial charge in [0.1, 0.15) is 16.5 Å². The predicted octanol–water partition coefficient (Wildman–Crippen LogP) is 2.41. The Balaban J connectivity index is 1.89. The van der Waals surface area contributed by atoms with Crippen LogP contribution in [-0.4, -0.2) is 46.9 Å². The highest BCUT2D eigenvalue weighted by Gasteiger charge is 2.18. The van der Waals surface area contributed by atoms with Crippen molar-refractivity contribution < 1.29 is 17.5 Å². The van der Waals surface area contributed by atoms with E-state index in [4.69, 9.17) is 4.74 Å². The van der Waals surface area contributed by atoms with Gasteiger partial charge < -0.3 is 15.4 Å². The molecule has 28 heavy (non-hydrogen) atoms. The third kappa shape index (κ3) is 6.53.